The maximum atomic E-state index is 11.8. The molecule has 0 bridgehead atoms. The second-order valence-electron chi connectivity index (χ2n) is 6.61. The summed E-state index contributed by atoms with van der Waals surface area (Å²) in [5, 5.41) is 0. The Kier molecular flexibility index (Phi) is 8.51. The van der Waals surface area contributed by atoms with Crippen LogP contribution in [0.4, 0.5) is 0 Å². The first-order chi connectivity index (χ1) is 9.15. The van der Waals surface area contributed by atoms with Crippen molar-refractivity contribution in [3.8, 4) is 0 Å². The molecule has 0 aliphatic heterocycles. The SMILES string of the molecule is CCC(CCCC(=O)OC(C)(C)C)C(=O)OCC(C)C. The summed E-state index contributed by atoms with van der Waals surface area (Å²) in [6.45, 7) is 12.0. The van der Waals surface area contributed by atoms with E-state index in [-0.39, 0.29) is 17.9 Å². The molecule has 0 saturated carbocycles. The van der Waals surface area contributed by atoms with Crippen LogP contribution in [0.25, 0.3) is 0 Å². The van der Waals surface area contributed by atoms with Crippen LogP contribution in [0.2, 0.25) is 0 Å². The van der Waals surface area contributed by atoms with Crippen LogP contribution >= 0.6 is 0 Å². The number of esters is 2. The van der Waals surface area contributed by atoms with Crippen molar-refractivity contribution in [2.75, 3.05) is 6.61 Å². The van der Waals surface area contributed by atoms with Gasteiger partial charge in [0.05, 0.1) is 12.5 Å². The van der Waals surface area contributed by atoms with Crippen LogP contribution in [0.3, 0.4) is 0 Å². The van der Waals surface area contributed by atoms with Crippen molar-refractivity contribution in [3.05, 3.63) is 0 Å². The van der Waals surface area contributed by atoms with Crippen molar-refractivity contribution >= 4 is 11.9 Å². The molecule has 1 atom stereocenters. The molecule has 0 N–H and O–H groups in total. The summed E-state index contributed by atoms with van der Waals surface area (Å²) in [6, 6.07) is 0. The fourth-order valence-electron chi connectivity index (χ4n) is 1.74. The number of hydrogen-bond donors (Lipinski definition) is 0. The highest BCUT2D eigenvalue weighted by molar-refractivity contribution is 5.72. The fraction of sp³-hybridized carbons (Fsp3) is 0.875. The predicted molar refractivity (Wildman–Crippen MR) is 79.3 cm³/mol. The van der Waals surface area contributed by atoms with Crippen LogP contribution in [0.15, 0.2) is 0 Å². The van der Waals surface area contributed by atoms with E-state index in [1.165, 1.54) is 0 Å². The summed E-state index contributed by atoms with van der Waals surface area (Å²) >= 11 is 0. The molecule has 0 heterocycles. The second-order valence-corrected chi connectivity index (χ2v) is 6.61. The van der Waals surface area contributed by atoms with E-state index in [4.69, 9.17) is 9.47 Å². The van der Waals surface area contributed by atoms with E-state index >= 15 is 0 Å². The summed E-state index contributed by atoms with van der Waals surface area (Å²) in [5.41, 5.74) is -0.447. The first-order valence-corrected chi connectivity index (χ1v) is 7.54. The van der Waals surface area contributed by atoms with Gasteiger partial charge in [0.15, 0.2) is 0 Å². The van der Waals surface area contributed by atoms with E-state index in [0.717, 1.165) is 6.42 Å². The zero-order valence-electron chi connectivity index (χ0n) is 13.8. The van der Waals surface area contributed by atoms with Gasteiger partial charge < -0.3 is 9.47 Å². The van der Waals surface area contributed by atoms with Crippen LogP contribution in [-0.4, -0.2) is 24.1 Å². The van der Waals surface area contributed by atoms with Gasteiger partial charge in [0, 0.05) is 6.42 Å². The molecule has 4 heteroatoms. The van der Waals surface area contributed by atoms with E-state index in [0.29, 0.717) is 31.8 Å². The maximum absolute atomic E-state index is 11.8. The molecule has 0 spiro atoms. The second kappa shape index (κ2) is 8.98. The van der Waals surface area contributed by atoms with Crippen molar-refractivity contribution in [3.63, 3.8) is 0 Å². The van der Waals surface area contributed by atoms with Crippen molar-refractivity contribution in [2.45, 2.75) is 72.8 Å². The highest BCUT2D eigenvalue weighted by atomic mass is 16.6. The molecule has 0 aliphatic carbocycles. The van der Waals surface area contributed by atoms with Gasteiger partial charge in [-0.1, -0.05) is 20.8 Å². The molecule has 20 heavy (non-hydrogen) atoms. The van der Waals surface area contributed by atoms with E-state index in [1.807, 2.05) is 41.5 Å². The molecule has 4 nitrogen and oxygen atoms in total. The van der Waals surface area contributed by atoms with Gasteiger partial charge in [-0.15, -0.1) is 0 Å². The molecule has 0 aliphatic rings. The van der Waals surface area contributed by atoms with Gasteiger partial charge in [0.25, 0.3) is 0 Å². The van der Waals surface area contributed by atoms with E-state index < -0.39 is 5.60 Å². The first kappa shape index (κ1) is 18.9. The van der Waals surface area contributed by atoms with E-state index in [2.05, 4.69) is 0 Å². The Morgan fingerprint density at radius 3 is 2.20 bits per heavy atom. The quantitative estimate of drug-likeness (QED) is 0.638. The van der Waals surface area contributed by atoms with Crippen molar-refractivity contribution in [1.29, 1.82) is 0 Å². The molecule has 0 rings (SSSR count). The number of rotatable bonds is 8. The maximum Gasteiger partial charge on any atom is 0.308 e. The van der Waals surface area contributed by atoms with E-state index in [1.54, 1.807) is 0 Å². The molecule has 0 aromatic heterocycles. The molecule has 0 aromatic carbocycles. The van der Waals surface area contributed by atoms with Crippen LogP contribution in [-0.2, 0) is 19.1 Å². The molecular formula is C16H30O4. The Morgan fingerprint density at radius 2 is 1.75 bits per heavy atom. The Labute approximate surface area is 123 Å². The largest absolute Gasteiger partial charge is 0.465 e. The predicted octanol–water partition coefficient (Wildman–Crippen LogP) is 3.72. The monoisotopic (exact) mass is 286 g/mol. The Hall–Kier alpha value is -1.06. The fourth-order valence-corrected chi connectivity index (χ4v) is 1.74. The van der Waals surface area contributed by atoms with Gasteiger partial charge >= 0.3 is 11.9 Å². The average molecular weight is 286 g/mol. The van der Waals surface area contributed by atoms with Gasteiger partial charge in [-0.3, -0.25) is 9.59 Å². The molecule has 0 fully saturated rings. The summed E-state index contributed by atoms with van der Waals surface area (Å²) in [7, 11) is 0. The van der Waals surface area contributed by atoms with Crippen LogP contribution in [0, 0.1) is 11.8 Å². The topological polar surface area (TPSA) is 52.6 Å². The van der Waals surface area contributed by atoms with Gasteiger partial charge in [0.2, 0.25) is 0 Å². The van der Waals surface area contributed by atoms with Crippen molar-refractivity contribution in [1.82, 2.24) is 0 Å². The van der Waals surface area contributed by atoms with Gasteiger partial charge in [0.1, 0.15) is 5.60 Å². The highest BCUT2D eigenvalue weighted by Gasteiger charge is 2.20. The van der Waals surface area contributed by atoms with Crippen molar-refractivity contribution < 1.29 is 19.1 Å². The summed E-state index contributed by atoms with van der Waals surface area (Å²) in [6.07, 6.45) is 2.42. The summed E-state index contributed by atoms with van der Waals surface area (Å²) in [5.74, 6) is -0.123. The molecule has 118 valence electrons. The third-order valence-electron chi connectivity index (χ3n) is 2.74. The Balaban J connectivity index is 4.01. The summed E-state index contributed by atoms with van der Waals surface area (Å²) < 4.78 is 10.5. The molecule has 0 amide bonds. The van der Waals surface area contributed by atoms with Gasteiger partial charge in [-0.2, -0.15) is 0 Å². The van der Waals surface area contributed by atoms with Crippen LogP contribution in [0.5, 0.6) is 0 Å². The van der Waals surface area contributed by atoms with Crippen LogP contribution in [0.1, 0.15) is 67.2 Å². The van der Waals surface area contributed by atoms with Crippen LogP contribution < -0.4 is 0 Å². The normalized spacial score (nSPS) is 13.2. The minimum Gasteiger partial charge on any atom is -0.465 e. The molecule has 1 unspecified atom stereocenters. The highest BCUT2D eigenvalue weighted by Crippen LogP contribution is 2.16. The Morgan fingerprint density at radius 1 is 1.15 bits per heavy atom. The summed E-state index contributed by atoms with van der Waals surface area (Å²) in [4.78, 5) is 23.4. The number of hydrogen-bond acceptors (Lipinski definition) is 4. The van der Waals surface area contributed by atoms with E-state index in [9.17, 15) is 9.59 Å². The number of ether oxygens (including phenoxy) is 2. The smallest absolute Gasteiger partial charge is 0.308 e. The standard InChI is InChI=1S/C16H30O4/c1-7-13(15(18)19-11-12(2)3)9-8-10-14(17)20-16(4,5)6/h12-13H,7-11H2,1-6H3. The minimum absolute atomic E-state index is 0.115. The zero-order chi connectivity index (χ0) is 15.8. The molecule has 0 saturated heterocycles. The molecule has 0 radical (unpaired) electrons. The lowest BCUT2D eigenvalue weighted by Crippen LogP contribution is -2.24. The third kappa shape index (κ3) is 9.82. The van der Waals surface area contributed by atoms with Crippen molar-refractivity contribution in [2.24, 2.45) is 11.8 Å². The average Bonchev–Trinajstić information content (AvgIpc) is 2.29. The zero-order valence-corrected chi connectivity index (χ0v) is 13.8. The number of carbonyl (C=O) groups is 2. The lowest BCUT2D eigenvalue weighted by molar-refractivity contribution is -0.156. The lowest BCUT2D eigenvalue weighted by Gasteiger charge is -2.20. The Bertz CT molecular complexity index is 302. The molecular weight excluding hydrogens is 256 g/mol. The molecule has 0 aromatic rings. The van der Waals surface area contributed by atoms with Gasteiger partial charge in [-0.25, -0.2) is 0 Å². The third-order valence-corrected chi connectivity index (χ3v) is 2.74. The van der Waals surface area contributed by atoms with Gasteiger partial charge in [-0.05, 0) is 46.0 Å². The number of carbonyl (C=O) groups excluding carboxylic acids is 2. The minimum atomic E-state index is -0.447. The lowest BCUT2D eigenvalue weighted by atomic mass is 9.99. The first-order valence-electron chi connectivity index (χ1n) is 7.54.